The van der Waals surface area contributed by atoms with Crippen molar-refractivity contribution in [2.75, 3.05) is 13.2 Å². The molecular formula is C10H19NO2. The van der Waals surface area contributed by atoms with E-state index in [-0.39, 0.29) is 12.5 Å². The maximum absolute atomic E-state index is 11.1. The Bertz CT molecular complexity index is 155. The summed E-state index contributed by atoms with van der Waals surface area (Å²) in [5.41, 5.74) is 0. The standard InChI is InChI=1S/C10H19NO2/c12-8-4-2-1-3-7-11-10(13)9-5-6-9/h9,12H,1-8H2,(H,11,13). The molecule has 0 spiro atoms. The normalized spacial score (nSPS) is 15.8. The van der Waals surface area contributed by atoms with Gasteiger partial charge in [0, 0.05) is 19.1 Å². The SMILES string of the molecule is O=C(NCCCCCCO)C1CC1. The number of carbonyl (C=O) groups is 1. The topological polar surface area (TPSA) is 49.3 Å². The third-order valence-electron chi connectivity index (χ3n) is 2.33. The van der Waals surface area contributed by atoms with Gasteiger partial charge in [-0.3, -0.25) is 4.79 Å². The summed E-state index contributed by atoms with van der Waals surface area (Å²) in [5, 5.41) is 11.4. The molecule has 0 unspecified atom stereocenters. The van der Waals surface area contributed by atoms with Gasteiger partial charge < -0.3 is 10.4 Å². The molecule has 1 fully saturated rings. The zero-order valence-corrected chi connectivity index (χ0v) is 8.09. The molecule has 0 bridgehead atoms. The van der Waals surface area contributed by atoms with Gasteiger partial charge in [0.2, 0.25) is 5.91 Å². The summed E-state index contributed by atoms with van der Waals surface area (Å²) < 4.78 is 0. The number of unbranched alkanes of at least 4 members (excludes halogenated alkanes) is 3. The third-order valence-corrected chi connectivity index (χ3v) is 2.33. The zero-order chi connectivity index (χ0) is 9.52. The van der Waals surface area contributed by atoms with E-state index in [9.17, 15) is 4.79 Å². The van der Waals surface area contributed by atoms with E-state index in [0.717, 1.165) is 45.1 Å². The fraction of sp³-hybridized carbons (Fsp3) is 0.900. The lowest BCUT2D eigenvalue weighted by atomic mass is 10.2. The number of nitrogens with one attached hydrogen (secondary N) is 1. The molecule has 76 valence electrons. The number of carbonyl (C=O) groups excluding carboxylic acids is 1. The van der Waals surface area contributed by atoms with E-state index < -0.39 is 0 Å². The minimum Gasteiger partial charge on any atom is -0.396 e. The molecular weight excluding hydrogens is 166 g/mol. The molecule has 1 rings (SSSR count). The molecule has 0 heterocycles. The van der Waals surface area contributed by atoms with Gasteiger partial charge in [0.05, 0.1) is 0 Å². The van der Waals surface area contributed by atoms with E-state index >= 15 is 0 Å². The summed E-state index contributed by atoms with van der Waals surface area (Å²) in [7, 11) is 0. The maximum atomic E-state index is 11.1. The Kier molecular flexibility index (Phi) is 4.83. The van der Waals surface area contributed by atoms with Crippen LogP contribution in [0.15, 0.2) is 0 Å². The monoisotopic (exact) mass is 185 g/mol. The first-order valence-electron chi connectivity index (χ1n) is 5.23. The van der Waals surface area contributed by atoms with E-state index in [1.165, 1.54) is 0 Å². The van der Waals surface area contributed by atoms with Crippen LogP contribution < -0.4 is 5.32 Å². The molecule has 0 aromatic rings. The summed E-state index contributed by atoms with van der Waals surface area (Å²) in [5.74, 6) is 0.569. The lowest BCUT2D eigenvalue weighted by molar-refractivity contribution is -0.122. The highest BCUT2D eigenvalue weighted by Gasteiger charge is 2.28. The minimum absolute atomic E-state index is 0.238. The van der Waals surface area contributed by atoms with Crippen LogP contribution in [0.25, 0.3) is 0 Å². The van der Waals surface area contributed by atoms with Crippen molar-refractivity contribution in [2.24, 2.45) is 5.92 Å². The molecule has 13 heavy (non-hydrogen) atoms. The van der Waals surface area contributed by atoms with E-state index in [4.69, 9.17) is 5.11 Å². The molecule has 1 aliphatic rings. The van der Waals surface area contributed by atoms with Gasteiger partial charge in [-0.25, -0.2) is 0 Å². The van der Waals surface area contributed by atoms with Gasteiger partial charge in [0.15, 0.2) is 0 Å². The lowest BCUT2D eigenvalue weighted by Crippen LogP contribution is -2.25. The predicted octanol–water partition coefficient (Wildman–Crippen LogP) is 1.07. The van der Waals surface area contributed by atoms with Crippen molar-refractivity contribution in [3.63, 3.8) is 0 Å². The third kappa shape index (κ3) is 4.88. The first-order valence-corrected chi connectivity index (χ1v) is 5.23. The van der Waals surface area contributed by atoms with Gasteiger partial charge in [-0.15, -0.1) is 0 Å². The molecule has 0 aliphatic heterocycles. The van der Waals surface area contributed by atoms with Crippen LogP contribution in [-0.2, 0) is 4.79 Å². The molecule has 2 N–H and O–H groups in total. The first kappa shape index (κ1) is 10.5. The van der Waals surface area contributed by atoms with Gasteiger partial charge in [-0.05, 0) is 25.7 Å². The Morgan fingerprint density at radius 3 is 2.54 bits per heavy atom. The van der Waals surface area contributed by atoms with E-state index in [2.05, 4.69) is 5.32 Å². The highest BCUT2D eigenvalue weighted by Crippen LogP contribution is 2.28. The Balaban J connectivity index is 1.80. The van der Waals surface area contributed by atoms with Crippen molar-refractivity contribution >= 4 is 5.91 Å². The molecule has 0 radical (unpaired) electrons. The van der Waals surface area contributed by atoms with Crippen LogP contribution >= 0.6 is 0 Å². The zero-order valence-electron chi connectivity index (χ0n) is 8.09. The second kappa shape index (κ2) is 5.97. The summed E-state index contributed by atoms with van der Waals surface area (Å²) in [6, 6.07) is 0. The Hall–Kier alpha value is -0.570. The number of aliphatic hydroxyl groups excluding tert-OH is 1. The Morgan fingerprint density at radius 2 is 1.92 bits per heavy atom. The van der Waals surface area contributed by atoms with Gasteiger partial charge in [0.25, 0.3) is 0 Å². The smallest absolute Gasteiger partial charge is 0.223 e. The van der Waals surface area contributed by atoms with Gasteiger partial charge in [-0.2, -0.15) is 0 Å². The van der Waals surface area contributed by atoms with Crippen molar-refractivity contribution in [1.29, 1.82) is 0 Å². The number of rotatable bonds is 7. The number of hydrogen-bond acceptors (Lipinski definition) is 2. The summed E-state index contributed by atoms with van der Waals surface area (Å²) in [4.78, 5) is 11.1. The van der Waals surface area contributed by atoms with Crippen LogP contribution in [0.4, 0.5) is 0 Å². The highest BCUT2D eigenvalue weighted by molar-refractivity contribution is 5.80. The van der Waals surface area contributed by atoms with E-state index in [1.54, 1.807) is 0 Å². The first-order chi connectivity index (χ1) is 6.34. The lowest BCUT2D eigenvalue weighted by Gasteiger charge is -2.03. The fourth-order valence-electron chi connectivity index (χ4n) is 1.29. The molecule has 0 aromatic carbocycles. The Labute approximate surface area is 79.5 Å². The Morgan fingerprint density at radius 1 is 1.23 bits per heavy atom. The number of amides is 1. The fourth-order valence-corrected chi connectivity index (χ4v) is 1.29. The maximum Gasteiger partial charge on any atom is 0.223 e. The second-order valence-corrected chi connectivity index (χ2v) is 3.70. The predicted molar refractivity (Wildman–Crippen MR) is 51.3 cm³/mol. The van der Waals surface area contributed by atoms with Crippen molar-refractivity contribution in [3.8, 4) is 0 Å². The second-order valence-electron chi connectivity index (χ2n) is 3.70. The van der Waals surface area contributed by atoms with Crippen LogP contribution in [0.2, 0.25) is 0 Å². The molecule has 0 aromatic heterocycles. The van der Waals surface area contributed by atoms with Crippen molar-refractivity contribution in [3.05, 3.63) is 0 Å². The number of aliphatic hydroxyl groups is 1. The largest absolute Gasteiger partial charge is 0.396 e. The summed E-state index contributed by atoms with van der Waals surface area (Å²) >= 11 is 0. The van der Waals surface area contributed by atoms with Gasteiger partial charge in [0.1, 0.15) is 0 Å². The van der Waals surface area contributed by atoms with Gasteiger partial charge in [-0.1, -0.05) is 12.8 Å². The molecule has 1 aliphatic carbocycles. The highest BCUT2D eigenvalue weighted by atomic mass is 16.2. The van der Waals surface area contributed by atoms with Crippen LogP contribution in [0.3, 0.4) is 0 Å². The van der Waals surface area contributed by atoms with Crippen LogP contribution in [0, 0.1) is 5.92 Å². The molecule has 1 amide bonds. The van der Waals surface area contributed by atoms with Crippen molar-refractivity contribution in [1.82, 2.24) is 5.32 Å². The minimum atomic E-state index is 0.238. The average Bonchev–Trinajstić information content (AvgIpc) is 2.93. The molecule has 3 heteroatoms. The van der Waals surface area contributed by atoms with E-state index in [0.29, 0.717) is 5.92 Å². The molecule has 0 atom stereocenters. The van der Waals surface area contributed by atoms with E-state index in [1.807, 2.05) is 0 Å². The number of hydrogen-bond donors (Lipinski definition) is 2. The molecule has 1 saturated carbocycles. The van der Waals surface area contributed by atoms with Crippen LogP contribution in [-0.4, -0.2) is 24.2 Å². The molecule has 0 saturated heterocycles. The summed E-state index contributed by atoms with van der Waals surface area (Å²) in [6.45, 7) is 1.09. The summed E-state index contributed by atoms with van der Waals surface area (Å²) in [6.07, 6.45) is 6.25. The van der Waals surface area contributed by atoms with Crippen molar-refractivity contribution in [2.45, 2.75) is 38.5 Å². The average molecular weight is 185 g/mol. The van der Waals surface area contributed by atoms with Crippen LogP contribution in [0.5, 0.6) is 0 Å². The van der Waals surface area contributed by atoms with Gasteiger partial charge >= 0.3 is 0 Å². The van der Waals surface area contributed by atoms with Crippen molar-refractivity contribution < 1.29 is 9.90 Å². The van der Waals surface area contributed by atoms with Crippen LogP contribution in [0.1, 0.15) is 38.5 Å². The molecule has 3 nitrogen and oxygen atoms in total. The quantitative estimate of drug-likeness (QED) is 0.583.